The van der Waals surface area contributed by atoms with E-state index in [1.54, 1.807) is 0 Å². The molecule has 0 saturated carbocycles. The average molecular weight is 216 g/mol. The standard InChI is InChI=1S/C7H16.C6H12O2/c1-3-5-7-6-4-2;1-5(2)4-8-6(3)7/h3-7H2,1-2H3;5H,4H2,1-3H3. The molecule has 0 saturated heterocycles. The number of carbonyl (C=O) groups excluding carboxylic acids is 1. The Bertz CT molecular complexity index is 126. The summed E-state index contributed by atoms with van der Waals surface area (Å²) < 4.78 is 4.66. The van der Waals surface area contributed by atoms with Crippen molar-refractivity contribution in [3.63, 3.8) is 0 Å². The average Bonchev–Trinajstić information content (AvgIpc) is 2.17. The fraction of sp³-hybridized carbons (Fsp3) is 0.923. The van der Waals surface area contributed by atoms with E-state index >= 15 is 0 Å². The summed E-state index contributed by atoms with van der Waals surface area (Å²) in [7, 11) is 0. The van der Waals surface area contributed by atoms with E-state index in [4.69, 9.17) is 0 Å². The zero-order chi connectivity index (χ0) is 12.1. The maximum atomic E-state index is 10.1. The minimum atomic E-state index is -0.196. The van der Waals surface area contributed by atoms with Crippen molar-refractivity contribution >= 4 is 5.97 Å². The van der Waals surface area contributed by atoms with E-state index in [1.807, 2.05) is 13.8 Å². The fourth-order valence-corrected chi connectivity index (χ4v) is 0.961. The Morgan fingerprint density at radius 1 is 1.07 bits per heavy atom. The number of hydrogen-bond acceptors (Lipinski definition) is 2. The van der Waals surface area contributed by atoms with Crippen LogP contribution in [0.3, 0.4) is 0 Å². The number of hydrogen-bond donors (Lipinski definition) is 0. The van der Waals surface area contributed by atoms with Gasteiger partial charge in [0.05, 0.1) is 6.61 Å². The quantitative estimate of drug-likeness (QED) is 0.492. The van der Waals surface area contributed by atoms with Crippen LogP contribution in [-0.2, 0) is 9.53 Å². The van der Waals surface area contributed by atoms with Gasteiger partial charge in [-0.15, -0.1) is 0 Å². The molecule has 2 heteroatoms. The van der Waals surface area contributed by atoms with Gasteiger partial charge in [-0.25, -0.2) is 0 Å². The van der Waals surface area contributed by atoms with Crippen LogP contribution in [0.2, 0.25) is 0 Å². The van der Waals surface area contributed by atoms with E-state index in [2.05, 4.69) is 18.6 Å². The molecule has 0 aromatic carbocycles. The molecule has 0 amide bonds. The molecule has 0 radical (unpaired) electrons. The summed E-state index contributed by atoms with van der Waals surface area (Å²) in [5.41, 5.74) is 0. The Kier molecular flexibility index (Phi) is 15.2. The van der Waals surface area contributed by atoms with Crippen LogP contribution in [0, 0.1) is 5.92 Å². The third-order valence-corrected chi connectivity index (χ3v) is 1.83. The van der Waals surface area contributed by atoms with Crippen molar-refractivity contribution in [2.24, 2.45) is 5.92 Å². The van der Waals surface area contributed by atoms with Gasteiger partial charge in [-0.1, -0.05) is 59.8 Å². The molecule has 0 spiro atoms. The highest BCUT2D eigenvalue weighted by atomic mass is 16.5. The van der Waals surface area contributed by atoms with Crippen molar-refractivity contribution in [1.29, 1.82) is 0 Å². The van der Waals surface area contributed by atoms with Gasteiger partial charge in [0.2, 0.25) is 0 Å². The van der Waals surface area contributed by atoms with Crippen LogP contribution in [0.5, 0.6) is 0 Å². The van der Waals surface area contributed by atoms with Gasteiger partial charge < -0.3 is 4.74 Å². The second-order valence-electron chi connectivity index (χ2n) is 4.26. The van der Waals surface area contributed by atoms with E-state index in [-0.39, 0.29) is 5.97 Å². The predicted molar refractivity (Wildman–Crippen MR) is 65.9 cm³/mol. The summed E-state index contributed by atoms with van der Waals surface area (Å²) in [6.07, 6.45) is 7.01. The molecule has 15 heavy (non-hydrogen) atoms. The Hall–Kier alpha value is -0.530. The lowest BCUT2D eigenvalue weighted by atomic mass is 10.2. The molecule has 0 aliphatic heterocycles. The van der Waals surface area contributed by atoms with E-state index in [0.29, 0.717) is 12.5 Å². The molecule has 0 heterocycles. The molecule has 0 aromatic rings. The molecule has 0 aromatic heterocycles. The van der Waals surface area contributed by atoms with Crippen LogP contribution < -0.4 is 0 Å². The zero-order valence-electron chi connectivity index (χ0n) is 11.1. The molecule has 0 N–H and O–H groups in total. The number of rotatable bonds is 6. The molecule has 92 valence electrons. The Balaban J connectivity index is 0. The van der Waals surface area contributed by atoms with Crippen LogP contribution in [0.1, 0.15) is 66.7 Å². The molecular formula is C13H28O2. The van der Waals surface area contributed by atoms with E-state index in [9.17, 15) is 4.79 Å². The fourth-order valence-electron chi connectivity index (χ4n) is 0.961. The number of unbranched alkanes of at least 4 members (excludes halogenated alkanes) is 4. The third kappa shape index (κ3) is 24.7. The molecule has 0 unspecified atom stereocenters. The minimum absolute atomic E-state index is 0.196. The first-order valence-corrected chi connectivity index (χ1v) is 6.17. The van der Waals surface area contributed by atoms with E-state index < -0.39 is 0 Å². The van der Waals surface area contributed by atoms with Crippen LogP contribution in [0.25, 0.3) is 0 Å². The van der Waals surface area contributed by atoms with E-state index in [1.165, 1.54) is 39.0 Å². The van der Waals surface area contributed by atoms with Crippen molar-refractivity contribution in [2.75, 3.05) is 6.61 Å². The van der Waals surface area contributed by atoms with Crippen molar-refractivity contribution in [1.82, 2.24) is 0 Å². The summed E-state index contributed by atoms with van der Waals surface area (Å²) in [6.45, 7) is 10.5. The van der Waals surface area contributed by atoms with Crippen LogP contribution in [0.15, 0.2) is 0 Å². The molecule has 0 aliphatic rings. The number of ether oxygens (including phenoxy) is 1. The van der Waals surface area contributed by atoms with Gasteiger partial charge in [0.15, 0.2) is 0 Å². The van der Waals surface area contributed by atoms with Gasteiger partial charge in [0.25, 0.3) is 0 Å². The molecule has 0 rings (SSSR count). The maximum Gasteiger partial charge on any atom is 0.302 e. The number of esters is 1. The van der Waals surface area contributed by atoms with Gasteiger partial charge in [-0.2, -0.15) is 0 Å². The lowest BCUT2D eigenvalue weighted by molar-refractivity contribution is -0.141. The highest BCUT2D eigenvalue weighted by Crippen LogP contribution is 2.00. The molecular weight excluding hydrogens is 188 g/mol. The zero-order valence-corrected chi connectivity index (χ0v) is 11.1. The van der Waals surface area contributed by atoms with Gasteiger partial charge in [0, 0.05) is 6.92 Å². The van der Waals surface area contributed by atoms with Crippen molar-refractivity contribution < 1.29 is 9.53 Å². The Labute approximate surface area is 95.4 Å². The second-order valence-corrected chi connectivity index (χ2v) is 4.26. The van der Waals surface area contributed by atoms with Crippen LogP contribution in [-0.4, -0.2) is 12.6 Å². The van der Waals surface area contributed by atoms with Crippen LogP contribution in [0.4, 0.5) is 0 Å². The van der Waals surface area contributed by atoms with Crippen molar-refractivity contribution in [3.05, 3.63) is 0 Å². The minimum Gasteiger partial charge on any atom is -0.466 e. The van der Waals surface area contributed by atoms with Gasteiger partial charge in [0.1, 0.15) is 0 Å². The monoisotopic (exact) mass is 216 g/mol. The maximum absolute atomic E-state index is 10.1. The molecule has 0 atom stereocenters. The third-order valence-electron chi connectivity index (χ3n) is 1.83. The smallest absolute Gasteiger partial charge is 0.302 e. The first-order chi connectivity index (χ1) is 7.04. The van der Waals surface area contributed by atoms with Crippen molar-refractivity contribution in [2.45, 2.75) is 66.7 Å². The Morgan fingerprint density at radius 3 is 1.73 bits per heavy atom. The normalized spacial score (nSPS) is 9.47. The lowest BCUT2D eigenvalue weighted by Crippen LogP contribution is -2.05. The van der Waals surface area contributed by atoms with Gasteiger partial charge in [-0.3, -0.25) is 4.79 Å². The second kappa shape index (κ2) is 13.5. The molecule has 2 nitrogen and oxygen atoms in total. The van der Waals surface area contributed by atoms with E-state index in [0.717, 1.165) is 0 Å². The summed E-state index contributed by atoms with van der Waals surface area (Å²) >= 11 is 0. The van der Waals surface area contributed by atoms with Gasteiger partial charge >= 0.3 is 5.97 Å². The predicted octanol–water partition coefficient (Wildman–Crippen LogP) is 4.18. The lowest BCUT2D eigenvalue weighted by Gasteiger charge is -2.02. The summed E-state index contributed by atoms with van der Waals surface area (Å²) in [4.78, 5) is 10.1. The SMILES string of the molecule is CC(=O)OCC(C)C.CCCCCCC. The summed E-state index contributed by atoms with van der Waals surface area (Å²) in [5.74, 6) is 0.248. The molecule has 0 aliphatic carbocycles. The first kappa shape index (κ1) is 16.9. The van der Waals surface area contributed by atoms with Crippen LogP contribution >= 0.6 is 0 Å². The molecule has 0 fully saturated rings. The highest BCUT2D eigenvalue weighted by molar-refractivity contribution is 5.65. The first-order valence-electron chi connectivity index (χ1n) is 6.17. The largest absolute Gasteiger partial charge is 0.466 e. The van der Waals surface area contributed by atoms with Gasteiger partial charge in [-0.05, 0) is 5.92 Å². The number of carbonyl (C=O) groups is 1. The topological polar surface area (TPSA) is 26.3 Å². The summed E-state index contributed by atoms with van der Waals surface area (Å²) in [5, 5.41) is 0. The summed E-state index contributed by atoms with van der Waals surface area (Å²) in [6, 6.07) is 0. The Morgan fingerprint density at radius 2 is 1.53 bits per heavy atom. The highest BCUT2D eigenvalue weighted by Gasteiger charge is 1.94. The molecule has 0 bridgehead atoms. The van der Waals surface area contributed by atoms with Crippen molar-refractivity contribution in [3.8, 4) is 0 Å².